The molecule has 0 radical (unpaired) electrons. The summed E-state index contributed by atoms with van der Waals surface area (Å²) in [4.78, 5) is 24.9. The maximum atomic E-state index is 13.7. The zero-order chi connectivity index (χ0) is 22.9. The first kappa shape index (κ1) is 22.8. The van der Waals surface area contributed by atoms with Crippen LogP contribution in [0.25, 0.3) is 0 Å². The molecule has 0 heterocycles. The summed E-state index contributed by atoms with van der Waals surface area (Å²) in [6.07, 6.45) is 0.622. The lowest BCUT2D eigenvalue weighted by Gasteiger charge is -2.16. The molecule has 0 fully saturated rings. The van der Waals surface area contributed by atoms with Gasteiger partial charge in [-0.1, -0.05) is 36.4 Å². The number of halogens is 1. The van der Waals surface area contributed by atoms with Gasteiger partial charge in [-0.3, -0.25) is 9.59 Å². The maximum absolute atomic E-state index is 13.7. The van der Waals surface area contributed by atoms with Crippen molar-refractivity contribution in [3.05, 3.63) is 89.7 Å². The Bertz CT molecular complexity index is 1090. The van der Waals surface area contributed by atoms with Gasteiger partial charge in [-0.05, 0) is 55.3 Å². The lowest BCUT2D eigenvalue weighted by Crippen LogP contribution is -2.34. The van der Waals surface area contributed by atoms with Crippen LogP contribution >= 0.6 is 0 Å². The number of para-hydroxylation sites is 2. The van der Waals surface area contributed by atoms with Gasteiger partial charge in [-0.2, -0.15) is 0 Å². The number of hydrogen-bond acceptors (Lipinski definition) is 4. The molecule has 1 unspecified atom stereocenters. The molecular formula is C25H25FN2O4. The number of ether oxygens (including phenoxy) is 2. The fourth-order valence-electron chi connectivity index (χ4n) is 3.18. The van der Waals surface area contributed by atoms with E-state index in [1.165, 1.54) is 18.2 Å². The van der Waals surface area contributed by atoms with E-state index in [9.17, 15) is 14.0 Å². The molecule has 0 bridgehead atoms. The average molecular weight is 436 g/mol. The van der Waals surface area contributed by atoms with Crippen LogP contribution < -0.4 is 20.1 Å². The Morgan fingerprint density at radius 2 is 1.75 bits per heavy atom. The van der Waals surface area contributed by atoms with Gasteiger partial charge in [0.1, 0.15) is 17.3 Å². The summed E-state index contributed by atoms with van der Waals surface area (Å²) in [6.45, 7) is 1.54. The number of hydrogen-bond donors (Lipinski definition) is 2. The fraction of sp³-hybridized carbons (Fsp3) is 0.200. The second kappa shape index (κ2) is 10.9. The standard InChI is InChI=1S/C25H25FN2O4/c1-17(14-18-8-7-9-19(15-18)31-2)27-25(30)20-10-3-6-13-23(20)32-16-24(29)28-22-12-5-4-11-21(22)26/h3-13,15,17H,14,16H2,1-2H3,(H,27,30)(H,28,29). The number of rotatable bonds is 9. The van der Waals surface area contributed by atoms with Gasteiger partial charge in [-0.25, -0.2) is 4.39 Å². The summed E-state index contributed by atoms with van der Waals surface area (Å²) in [5, 5.41) is 5.40. The third-order valence-electron chi connectivity index (χ3n) is 4.69. The highest BCUT2D eigenvalue weighted by Crippen LogP contribution is 2.19. The molecule has 0 spiro atoms. The minimum Gasteiger partial charge on any atom is -0.497 e. The van der Waals surface area contributed by atoms with E-state index < -0.39 is 11.7 Å². The van der Waals surface area contributed by atoms with E-state index in [2.05, 4.69) is 10.6 Å². The van der Waals surface area contributed by atoms with Crippen molar-refractivity contribution in [3.8, 4) is 11.5 Å². The molecule has 0 aliphatic carbocycles. The summed E-state index contributed by atoms with van der Waals surface area (Å²) in [7, 11) is 1.61. The third-order valence-corrected chi connectivity index (χ3v) is 4.69. The topological polar surface area (TPSA) is 76.7 Å². The predicted molar refractivity (Wildman–Crippen MR) is 121 cm³/mol. The lowest BCUT2D eigenvalue weighted by atomic mass is 10.1. The van der Waals surface area contributed by atoms with Crippen LogP contribution in [-0.2, 0) is 11.2 Å². The second-order valence-electron chi connectivity index (χ2n) is 7.24. The summed E-state index contributed by atoms with van der Waals surface area (Å²) in [5.41, 5.74) is 1.41. The lowest BCUT2D eigenvalue weighted by molar-refractivity contribution is -0.118. The number of methoxy groups -OCH3 is 1. The Morgan fingerprint density at radius 1 is 1.00 bits per heavy atom. The van der Waals surface area contributed by atoms with Crippen LogP contribution in [0.4, 0.5) is 10.1 Å². The highest BCUT2D eigenvalue weighted by molar-refractivity contribution is 5.97. The molecule has 3 aromatic carbocycles. The van der Waals surface area contributed by atoms with E-state index in [0.29, 0.717) is 12.0 Å². The summed E-state index contributed by atoms with van der Waals surface area (Å²) in [5.74, 6) is -0.358. The first-order chi connectivity index (χ1) is 15.5. The monoisotopic (exact) mass is 436 g/mol. The zero-order valence-corrected chi connectivity index (χ0v) is 17.9. The summed E-state index contributed by atoms with van der Waals surface area (Å²) in [6, 6.07) is 20.0. The molecule has 6 nitrogen and oxygen atoms in total. The van der Waals surface area contributed by atoms with Crippen LogP contribution in [0.15, 0.2) is 72.8 Å². The van der Waals surface area contributed by atoms with Gasteiger partial charge >= 0.3 is 0 Å². The van der Waals surface area contributed by atoms with Crippen molar-refractivity contribution in [2.24, 2.45) is 0 Å². The molecule has 2 amide bonds. The van der Waals surface area contributed by atoms with Crippen molar-refractivity contribution in [1.82, 2.24) is 5.32 Å². The van der Waals surface area contributed by atoms with Gasteiger partial charge in [0.25, 0.3) is 11.8 Å². The SMILES string of the molecule is COc1cccc(CC(C)NC(=O)c2ccccc2OCC(=O)Nc2ccccc2F)c1. The van der Waals surface area contributed by atoms with Crippen LogP contribution in [0.5, 0.6) is 11.5 Å². The third kappa shape index (κ3) is 6.31. The molecular weight excluding hydrogens is 411 g/mol. The minimum atomic E-state index is -0.536. The second-order valence-corrected chi connectivity index (χ2v) is 7.24. The summed E-state index contributed by atoms with van der Waals surface area (Å²) >= 11 is 0. The van der Waals surface area contributed by atoms with Gasteiger partial charge in [-0.15, -0.1) is 0 Å². The maximum Gasteiger partial charge on any atom is 0.262 e. The Morgan fingerprint density at radius 3 is 2.53 bits per heavy atom. The Hall–Kier alpha value is -3.87. The zero-order valence-electron chi connectivity index (χ0n) is 17.9. The number of benzene rings is 3. The number of nitrogens with one attached hydrogen (secondary N) is 2. The molecule has 0 saturated heterocycles. The van der Waals surface area contributed by atoms with Crippen molar-refractivity contribution in [1.29, 1.82) is 0 Å². The highest BCUT2D eigenvalue weighted by Gasteiger charge is 2.16. The molecule has 3 rings (SSSR count). The molecule has 0 aliphatic heterocycles. The molecule has 0 aliphatic rings. The van der Waals surface area contributed by atoms with Crippen LogP contribution in [0.2, 0.25) is 0 Å². The van der Waals surface area contributed by atoms with E-state index >= 15 is 0 Å². The van der Waals surface area contributed by atoms with Gasteiger partial charge in [0.15, 0.2) is 6.61 Å². The van der Waals surface area contributed by atoms with E-state index in [4.69, 9.17) is 9.47 Å². The van der Waals surface area contributed by atoms with E-state index in [1.807, 2.05) is 31.2 Å². The van der Waals surface area contributed by atoms with Crippen molar-refractivity contribution < 1.29 is 23.5 Å². The molecule has 3 aromatic rings. The highest BCUT2D eigenvalue weighted by atomic mass is 19.1. The average Bonchev–Trinajstić information content (AvgIpc) is 2.79. The predicted octanol–water partition coefficient (Wildman–Crippen LogP) is 4.21. The first-order valence-electron chi connectivity index (χ1n) is 10.2. The summed E-state index contributed by atoms with van der Waals surface area (Å²) < 4.78 is 24.5. The Balaban J connectivity index is 1.59. The number of amides is 2. The molecule has 7 heteroatoms. The first-order valence-corrected chi connectivity index (χ1v) is 10.2. The minimum absolute atomic E-state index is 0.0681. The number of carbonyl (C=O) groups excluding carboxylic acids is 2. The van der Waals surface area contributed by atoms with Gasteiger partial charge < -0.3 is 20.1 Å². The van der Waals surface area contributed by atoms with Crippen LogP contribution in [-0.4, -0.2) is 31.6 Å². The molecule has 32 heavy (non-hydrogen) atoms. The van der Waals surface area contributed by atoms with Gasteiger partial charge in [0.05, 0.1) is 18.4 Å². The normalized spacial score (nSPS) is 11.3. The molecule has 1 atom stereocenters. The number of anilines is 1. The van der Waals surface area contributed by atoms with E-state index in [0.717, 1.165) is 11.3 Å². The van der Waals surface area contributed by atoms with Crippen molar-refractivity contribution >= 4 is 17.5 Å². The van der Waals surface area contributed by atoms with Crippen molar-refractivity contribution in [2.45, 2.75) is 19.4 Å². The van der Waals surface area contributed by atoms with Crippen molar-refractivity contribution in [2.75, 3.05) is 19.0 Å². The van der Waals surface area contributed by atoms with Crippen LogP contribution in [0, 0.1) is 5.82 Å². The van der Waals surface area contributed by atoms with Gasteiger partial charge in [0, 0.05) is 6.04 Å². The van der Waals surface area contributed by atoms with Crippen LogP contribution in [0.1, 0.15) is 22.8 Å². The largest absolute Gasteiger partial charge is 0.497 e. The number of carbonyl (C=O) groups is 2. The van der Waals surface area contributed by atoms with E-state index in [1.54, 1.807) is 37.4 Å². The fourth-order valence-corrected chi connectivity index (χ4v) is 3.18. The quantitative estimate of drug-likeness (QED) is 0.527. The Kier molecular flexibility index (Phi) is 7.80. The molecule has 0 saturated carbocycles. The molecule has 2 N–H and O–H groups in total. The van der Waals surface area contributed by atoms with Crippen LogP contribution in [0.3, 0.4) is 0 Å². The Labute approximate surface area is 186 Å². The van der Waals surface area contributed by atoms with E-state index in [-0.39, 0.29) is 30.0 Å². The molecule has 166 valence electrons. The molecule has 0 aromatic heterocycles. The van der Waals surface area contributed by atoms with Gasteiger partial charge in [0.2, 0.25) is 0 Å². The van der Waals surface area contributed by atoms with Crippen molar-refractivity contribution in [3.63, 3.8) is 0 Å². The smallest absolute Gasteiger partial charge is 0.262 e.